The van der Waals surface area contributed by atoms with Crippen LogP contribution >= 0.6 is 0 Å². The summed E-state index contributed by atoms with van der Waals surface area (Å²) in [5.41, 5.74) is 5.81. The van der Waals surface area contributed by atoms with Crippen molar-refractivity contribution in [2.24, 2.45) is 0 Å². The van der Waals surface area contributed by atoms with Crippen molar-refractivity contribution in [3.63, 3.8) is 0 Å². The summed E-state index contributed by atoms with van der Waals surface area (Å²) in [6.45, 7) is 6.95. The number of nitrogens with zero attached hydrogens (tertiary/aromatic N) is 2. The van der Waals surface area contributed by atoms with Crippen molar-refractivity contribution in [1.29, 1.82) is 0 Å². The van der Waals surface area contributed by atoms with Crippen molar-refractivity contribution >= 4 is 16.9 Å². The average molecular weight is 493 g/mol. The van der Waals surface area contributed by atoms with E-state index in [2.05, 4.69) is 27.8 Å². The predicted molar refractivity (Wildman–Crippen MR) is 137 cm³/mol. The molecule has 1 atom stereocenters. The number of hydrogen-bond donors (Lipinski definition) is 0. The van der Waals surface area contributed by atoms with Crippen molar-refractivity contribution in [3.05, 3.63) is 65.9 Å². The van der Waals surface area contributed by atoms with Gasteiger partial charge in [0, 0.05) is 41.3 Å². The highest BCUT2D eigenvalue weighted by atomic mass is 16.6. The fourth-order valence-electron chi connectivity index (χ4n) is 4.45. The Morgan fingerprint density at radius 1 is 1.06 bits per heavy atom. The van der Waals surface area contributed by atoms with Crippen LogP contribution in [0.4, 0.5) is 0 Å². The van der Waals surface area contributed by atoms with Gasteiger partial charge in [-0.05, 0) is 56.2 Å². The van der Waals surface area contributed by atoms with E-state index in [1.807, 2.05) is 32.0 Å². The van der Waals surface area contributed by atoms with Gasteiger partial charge < -0.3 is 27.9 Å². The molecule has 0 saturated heterocycles. The maximum Gasteiger partial charge on any atom is 0.335 e. The molecule has 0 aliphatic carbocycles. The van der Waals surface area contributed by atoms with Gasteiger partial charge in [-0.15, -0.1) is 0 Å². The Labute approximate surface area is 210 Å². The molecule has 0 aliphatic rings. The van der Waals surface area contributed by atoms with Crippen molar-refractivity contribution in [1.82, 2.24) is 9.55 Å². The summed E-state index contributed by atoms with van der Waals surface area (Å²) in [7, 11) is 3.27. The summed E-state index contributed by atoms with van der Waals surface area (Å²) in [6, 6.07) is 12.1. The molecule has 0 saturated carbocycles. The largest absolute Gasteiger partial charge is 0.497 e. The maximum absolute atomic E-state index is 12.6. The zero-order valence-corrected chi connectivity index (χ0v) is 21.4. The van der Waals surface area contributed by atoms with E-state index in [4.69, 9.17) is 23.4 Å². The van der Waals surface area contributed by atoms with E-state index in [-0.39, 0.29) is 5.97 Å². The molecule has 0 radical (unpaired) electrons. The van der Waals surface area contributed by atoms with Gasteiger partial charge in [-0.1, -0.05) is 6.07 Å². The molecule has 0 aliphatic heterocycles. The molecule has 2 heterocycles. The molecule has 1 unspecified atom stereocenters. The van der Waals surface area contributed by atoms with Crippen LogP contribution in [0, 0.1) is 6.92 Å². The quantitative estimate of drug-likeness (QED) is 0.267. The number of benzene rings is 2. The molecule has 0 fully saturated rings. The molecular formula is C28H32N2O6. The van der Waals surface area contributed by atoms with Gasteiger partial charge in [0.2, 0.25) is 0 Å². The minimum atomic E-state index is -0.682. The van der Waals surface area contributed by atoms with Crippen LogP contribution in [0.1, 0.15) is 30.7 Å². The molecular weight excluding hydrogens is 460 g/mol. The maximum atomic E-state index is 12.6. The van der Waals surface area contributed by atoms with Crippen molar-refractivity contribution < 1.29 is 28.2 Å². The number of hydrogen-bond acceptors (Lipinski definition) is 7. The first kappa shape index (κ1) is 25.3. The Kier molecular flexibility index (Phi) is 7.95. The third kappa shape index (κ3) is 5.23. The van der Waals surface area contributed by atoms with Gasteiger partial charge in [0.15, 0.2) is 12.5 Å². The fourth-order valence-corrected chi connectivity index (χ4v) is 4.45. The minimum Gasteiger partial charge on any atom is -0.497 e. The van der Waals surface area contributed by atoms with Crippen LogP contribution in [0.5, 0.6) is 11.5 Å². The van der Waals surface area contributed by atoms with Crippen LogP contribution in [-0.2, 0) is 27.2 Å². The van der Waals surface area contributed by atoms with Crippen molar-refractivity contribution in [3.8, 4) is 22.8 Å². The van der Waals surface area contributed by atoms with Gasteiger partial charge in [0.1, 0.15) is 17.8 Å². The highest BCUT2D eigenvalue weighted by Gasteiger charge is 2.24. The second-order valence-corrected chi connectivity index (χ2v) is 8.39. The van der Waals surface area contributed by atoms with Crippen LogP contribution in [-0.4, -0.2) is 49.1 Å². The lowest BCUT2D eigenvalue weighted by atomic mass is 9.98. The third-order valence-electron chi connectivity index (χ3n) is 6.19. The van der Waals surface area contributed by atoms with E-state index in [1.165, 1.54) is 6.39 Å². The molecule has 0 bridgehead atoms. The number of aryl methyl sites for hydroxylation is 1. The molecule has 4 aromatic rings. The van der Waals surface area contributed by atoms with E-state index in [1.54, 1.807) is 27.4 Å². The first-order chi connectivity index (χ1) is 17.5. The first-order valence-corrected chi connectivity index (χ1v) is 12.0. The lowest BCUT2D eigenvalue weighted by Gasteiger charge is -2.18. The molecule has 8 heteroatoms. The molecule has 0 N–H and O–H groups in total. The molecule has 0 amide bonds. The first-order valence-electron chi connectivity index (χ1n) is 12.0. The van der Waals surface area contributed by atoms with Crippen LogP contribution in [0.2, 0.25) is 0 Å². The van der Waals surface area contributed by atoms with E-state index in [9.17, 15) is 4.79 Å². The normalized spacial score (nSPS) is 12.0. The number of methoxy groups -OCH3 is 2. The van der Waals surface area contributed by atoms with Crippen LogP contribution < -0.4 is 9.47 Å². The number of carbonyl (C=O) groups excluding carboxylic acids is 1. The van der Waals surface area contributed by atoms with Gasteiger partial charge in [0.05, 0.1) is 33.1 Å². The summed E-state index contributed by atoms with van der Waals surface area (Å²) < 4.78 is 29.5. The summed E-state index contributed by atoms with van der Waals surface area (Å²) >= 11 is 0. The van der Waals surface area contributed by atoms with Crippen LogP contribution in [0.3, 0.4) is 0 Å². The highest BCUT2D eigenvalue weighted by molar-refractivity contribution is 5.91. The number of aromatic nitrogens is 2. The summed E-state index contributed by atoms with van der Waals surface area (Å²) in [5.74, 6) is 1.03. The molecule has 4 rings (SSSR count). The number of esters is 1. The topological polar surface area (TPSA) is 85.0 Å². The SMILES string of the molecule is CCOC(=O)C(Cc1c(C)ccc2c1cc(-c1cc(OC)cc(OC)c1)n2Cc1cocn1)OCC. The molecule has 2 aromatic carbocycles. The van der Waals surface area contributed by atoms with E-state index in [0.717, 1.165) is 39.0 Å². The number of fused-ring (bicyclic) bond motifs is 1. The van der Waals surface area contributed by atoms with Gasteiger partial charge in [-0.2, -0.15) is 0 Å². The Bertz CT molecular complexity index is 1300. The summed E-state index contributed by atoms with van der Waals surface area (Å²) in [4.78, 5) is 17.0. The number of ether oxygens (including phenoxy) is 4. The van der Waals surface area contributed by atoms with E-state index >= 15 is 0 Å². The Balaban J connectivity index is 1.90. The molecule has 2 aromatic heterocycles. The second-order valence-electron chi connectivity index (χ2n) is 8.39. The molecule has 190 valence electrons. The molecule has 36 heavy (non-hydrogen) atoms. The Morgan fingerprint density at radius 3 is 2.42 bits per heavy atom. The van der Waals surface area contributed by atoms with Crippen molar-refractivity contribution in [2.45, 2.75) is 39.8 Å². The minimum absolute atomic E-state index is 0.307. The number of oxazole rings is 1. The molecule has 8 nitrogen and oxygen atoms in total. The van der Waals surface area contributed by atoms with Gasteiger partial charge in [0.25, 0.3) is 0 Å². The lowest BCUT2D eigenvalue weighted by Crippen LogP contribution is -2.29. The van der Waals surface area contributed by atoms with Gasteiger partial charge in [-0.3, -0.25) is 0 Å². The lowest BCUT2D eigenvalue weighted by molar-refractivity contribution is -0.156. The third-order valence-corrected chi connectivity index (χ3v) is 6.19. The van der Waals surface area contributed by atoms with Crippen LogP contribution in [0.25, 0.3) is 22.2 Å². The second kappa shape index (κ2) is 11.3. The van der Waals surface area contributed by atoms with Crippen molar-refractivity contribution in [2.75, 3.05) is 27.4 Å². The standard InChI is InChI=1S/C28H32N2O6/c1-6-35-27(28(31)36-7-2)14-23-18(3)8-9-25-24(23)13-26(30(25)15-20-16-34-17-29-20)19-10-21(32-4)12-22(11-19)33-5/h8-13,16-17,27H,6-7,14-15H2,1-5H3. The summed E-state index contributed by atoms with van der Waals surface area (Å²) in [5, 5.41) is 1.03. The predicted octanol–water partition coefficient (Wildman–Crippen LogP) is 5.18. The fraction of sp³-hybridized carbons (Fsp3) is 0.357. The van der Waals surface area contributed by atoms with Gasteiger partial charge >= 0.3 is 5.97 Å². The average Bonchev–Trinajstić information content (AvgIpc) is 3.53. The highest BCUT2D eigenvalue weighted by Crippen LogP contribution is 2.36. The smallest absolute Gasteiger partial charge is 0.335 e. The van der Waals surface area contributed by atoms with E-state index < -0.39 is 6.10 Å². The van der Waals surface area contributed by atoms with E-state index in [0.29, 0.717) is 37.7 Å². The zero-order chi connectivity index (χ0) is 25.7. The summed E-state index contributed by atoms with van der Waals surface area (Å²) in [6.07, 6.45) is 2.79. The zero-order valence-electron chi connectivity index (χ0n) is 21.4. The number of carbonyl (C=O) groups is 1. The monoisotopic (exact) mass is 492 g/mol. The van der Waals surface area contributed by atoms with Crippen LogP contribution in [0.15, 0.2) is 53.5 Å². The molecule has 0 spiro atoms. The Hall–Kier alpha value is -3.78. The van der Waals surface area contributed by atoms with Gasteiger partial charge in [-0.25, -0.2) is 9.78 Å². The number of rotatable bonds is 11. The Morgan fingerprint density at radius 2 is 1.81 bits per heavy atom.